The molecule has 0 aromatic rings. The lowest BCUT2D eigenvalue weighted by atomic mass is 9.91. The molecule has 0 radical (unpaired) electrons. The minimum absolute atomic E-state index is 0. The number of hydrogen-bond acceptors (Lipinski definition) is 3. The van der Waals surface area contributed by atoms with Crippen LogP contribution < -0.4 is 6.15 Å². The molecule has 1 heterocycles. The molecule has 1 aliphatic rings. The predicted molar refractivity (Wildman–Crippen MR) is 52.6 cm³/mol. The van der Waals surface area contributed by atoms with Crippen molar-refractivity contribution < 1.29 is 9.22 Å². The molecule has 0 bridgehead atoms. The number of hydrogen-bond donors (Lipinski definition) is 2. The highest BCUT2D eigenvalue weighted by Crippen LogP contribution is 2.35. The molecule has 1 rings (SSSR count). The van der Waals surface area contributed by atoms with E-state index in [9.17, 15) is 4.80 Å². The fourth-order valence-electron chi connectivity index (χ4n) is 1.55. The van der Waals surface area contributed by atoms with Crippen LogP contribution >= 0.6 is 0 Å². The Morgan fingerprint density at radius 3 is 2.33 bits per heavy atom. The first-order chi connectivity index (χ1) is 4.83. The number of rotatable bonds is 0. The van der Waals surface area contributed by atoms with Gasteiger partial charge in [0.2, 0.25) is 0 Å². The fourth-order valence-corrected chi connectivity index (χ4v) is 3.96. The van der Waals surface area contributed by atoms with Crippen molar-refractivity contribution in [2.45, 2.75) is 45.4 Å². The van der Waals surface area contributed by atoms with E-state index in [-0.39, 0.29) is 11.8 Å². The molecule has 4 heteroatoms. The van der Waals surface area contributed by atoms with Crippen molar-refractivity contribution in [2.75, 3.05) is 0 Å². The van der Waals surface area contributed by atoms with Gasteiger partial charge in [0.25, 0.3) is 0 Å². The third-order valence-corrected chi connectivity index (χ3v) is 4.89. The van der Waals surface area contributed by atoms with Crippen LogP contribution in [0, 0.1) is 5.92 Å². The van der Waals surface area contributed by atoms with Crippen LogP contribution in [0.3, 0.4) is 0 Å². The summed E-state index contributed by atoms with van der Waals surface area (Å²) in [6.07, 6.45) is 1.10. The van der Waals surface area contributed by atoms with Gasteiger partial charge in [-0.15, -0.1) is 0 Å². The highest BCUT2D eigenvalue weighted by molar-refractivity contribution is 6.64. The molecule has 1 saturated heterocycles. The van der Waals surface area contributed by atoms with Gasteiger partial charge in [0.1, 0.15) is 0 Å². The molecular weight excluding hydrogens is 170 g/mol. The Labute approximate surface area is 76.0 Å². The highest BCUT2D eigenvalue weighted by atomic mass is 28.4. The first-order valence-electron chi connectivity index (χ1n) is 4.26. The van der Waals surface area contributed by atoms with Crippen LogP contribution in [-0.2, 0) is 4.43 Å². The summed E-state index contributed by atoms with van der Waals surface area (Å²) >= 11 is 0. The van der Waals surface area contributed by atoms with E-state index in [1.54, 1.807) is 0 Å². The van der Waals surface area contributed by atoms with E-state index in [0.717, 1.165) is 12.5 Å². The highest BCUT2D eigenvalue weighted by Gasteiger charge is 2.42. The van der Waals surface area contributed by atoms with Gasteiger partial charge < -0.3 is 15.4 Å². The zero-order valence-electron chi connectivity index (χ0n) is 8.55. The largest absolute Gasteiger partial charge is 0.411 e. The van der Waals surface area contributed by atoms with Gasteiger partial charge in [-0.05, 0) is 38.8 Å². The Morgan fingerprint density at radius 2 is 2.00 bits per heavy atom. The quantitative estimate of drug-likeness (QED) is 0.576. The summed E-state index contributed by atoms with van der Waals surface area (Å²) in [4.78, 5) is 9.74. The molecule has 0 saturated carbocycles. The zero-order valence-corrected chi connectivity index (χ0v) is 9.55. The standard InChI is InChI=1S/C8H18O2Si.H3N/c1-7-5-6-11(4,9)10-8(7,2)3;/h7,9H,5-6H2,1-4H3;1H3. The Morgan fingerprint density at radius 1 is 1.50 bits per heavy atom. The molecule has 74 valence electrons. The summed E-state index contributed by atoms with van der Waals surface area (Å²) in [7, 11) is -2.27. The van der Waals surface area contributed by atoms with Crippen molar-refractivity contribution in [3.05, 3.63) is 0 Å². The van der Waals surface area contributed by atoms with E-state index in [4.69, 9.17) is 4.43 Å². The normalized spacial score (nSPS) is 40.2. The third kappa shape index (κ3) is 2.55. The van der Waals surface area contributed by atoms with Gasteiger partial charge in [-0.3, -0.25) is 0 Å². The first-order valence-corrected chi connectivity index (χ1v) is 6.82. The van der Waals surface area contributed by atoms with E-state index < -0.39 is 8.56 Å². The smallest absolute Gasteiger partial charge is 0.332 e. The fraction of sp³-hybridized carbons (Fsp3) is 1.00. The average molecular weight is 191 g/mol. The van der Waals surface area contributed by atoms with Gasteiger partial charge in [-0.1, -0.05) is 6.92 Å². The van der Waals surface area contributed by atoms with Crippen LogP contribution in [0.25, 0.3) is 0 Å². The molecule has 3 nitrogen and oxygen atoms in total. The van der Waals surface area contributed by atoms with Crippen molar-refractivity contribution in [3.8, 4) is 0 Å². The summed E-state index contributed by atoms with van der Waals surface area (Å²) in [5.41, 5.74) is -0.117. The molecular formula is C8H21NO2Si. The Bertz CT molecular complexity index is 159. The molecule has 12 heavy (non-hydrogen) atoms. The first kappa shape index (κ1) is 12.1. The second kappa shape index (κ2) is 3.45. The van der Waals surface area contributed by atoms with Gasteiger partial charge in [-0.2, -0.15) is 0 Å². The maximum absolute atomic E-state index is 9.74. The van der Waals surface area contributed by atoms with Crippen LogP contribution in [0.4, 0.5) is 0 Å². The molecule has 0 amide bonds. The third-order valence-electron chi connectivity index (χ3n) is 2.71. The lowest BCUT2D eigenvalue weighted by molar-refractivity contribution is -0.00114. The molecule has 2 unspecified atom stereocenters. The van der Waals surface area contributed by atoms with Crippen molar-refractivity contribution in [1.82, 2.24) is 6.15 Å². The molecule has 0 aromatic heterocycles. The minimum atomic E-state index is -2.27. The molecule has 0 aliphatic carbocycles. The van der Waals surface area contributed by atoms with E-state index in [2.05, 4.69) is 20.8 Å². The Balaban J connectivity index is 0.00000121. The molecule has 0 aromatic carbocycles. The van der Waals surface area contributed by atoms with Crippen LogP contribution in [-0.4, -0.2) is 19.0 Å². The van der Waals surface area contributed by atoms with Gasteiger partial charge in [0, 0.05) is 0 Å². The molecule has 0 spiro atoms. The maximum Gasteiger partial charge on any atom is 0.332 e. The topological polar surface area (TPSA) is 64.5 Å². The predicted octanol–water partition coefficient (Wildman–Crippen LogP) is 2.05. The Kier molecular flexibility index (Phi) is 3.48. The van der Waals surface area contributed by atoms with Crippen molar-refractivity contribution >= 4 is 8.56 Å². The van der Waals surface area contributed by atoms with Gasteiger partial charge in [0.05, 0.1) is 5.60 Å². The second-order valence-electron chi connectivity index (χ2n) is 4.32. The van der Waals surface area contributed by atoms with Gasteiger partial charge >= 0.3 is 8.56 Å². The lowest BCUT2D eigenvalue weighted by Crippen LogP contribution is -2.51. The van der Waals surface area contributed by atoms with Crippen LogP contribution in [0.5, 0.6) is 0 Å². The van der Waals surface area contributed by atoms with Crippen molar-refractivity contribution in [2.24, 2.45) is 5.92 Å². The van der Waals surface area contributed by atoms with Gasteiger partial charge in [0.15, 0.2) is 0 Å². The van der Waals surface area contributed by atoms with E-state index in [0.29, 0.717) is 5.92 Å². The maximum atomic E-state index is 9.74. The Hall–Kier alpha value is 0.0969. The summed E-state index contributed by atoms with van der Waals surface area (Å²) in [6.45, 7) is 8.20. The summed E-state index contributed by atoms with van der Waals surface area (Å²) in [6, 6.07) is 0.887. The van der Waals surface area contributed by atoms with E-state index in [1.807, 2.05) is 6.55 Å². The van der Waals surface area contributed by atoms with Crippen LogP contribution in [0.2, 0.25) is 12.6 Å². The molecule has 4 N–H and O–H groups in total. The summed E-state index contributed by atoms with van der Waals surface area (Å²) in [5, 5.41) is 0. The average Bonchev–Trinajstić information content (AvgIpc) is 1.77. The van der Waals surface area contributed by atoms with Crippen LogP contribution in [0.1, 0.15) is 27.2 Å². The second-order valence-corrected chi connectivity index (χ2v) is 7.37. The van der Waals surface area contributed by atoms with Crippen LogP contribution in [0.15, 0.2) is 0 Å². The van der Waals surface area contributed by atoms with Crippen molar-refractivity contribution in [3.63, 3.8) is 0 Å². The monoisotopic (exact) mass is 191 g/mol. The zero-order chi connectivity index (χ0) is 8.70. The summed E-state index contributed by atoms with van der Waals surface area (Å²) < 4.78 is 5.67. The van der Waals surface area contributed by atoms with Gasteiger partial charge in [-0.25, -0.2) is 0 Å². The molecule has 1 fully saturated rings. The van der Waals surface area contributed by atoms with Crippen molar-refractivity contribution in [1.29, 1.82) is 0 Å². The molecule has 1 aliphatic heterocycles. The SMILES string of the molecule is CC1CC[Si](C)(O)OC1(C)C.N. The summed E-state index contributed by atoms with van der Waals surface area (Å²) in [5.74, 6) is 0.565. The minimum Gasteiger partial charge on any atom is -0.411 e. The van der Waals surface area contributed by atoms with E-state index in [1.165, 1.54) is 0 Å². The van der Waals surface area contributed by atoms with E-state index >= 15 is 0 Å². The lowest BCUT2D eigenvalue weighted by Gasteiger charge is -2.43. The molecule has 2 atom stereocenters.